The maximum absolute atomic E-state index is 14.9. The van der Waals surface area contributed by atoms with Gasteiger partial charge in [-0.05, 0) is 98.8 Å². The van der Waals surface area contributed by atoms with Gasteiger partial charge in [0.25, 0.3) is 5.91 Å². The molecule has 218 valence electrons. The third kappa shape index (κ3) is 7.58. The van der Waals surface area contributed by atoms with Crippen molar-refractivity contribution >= 4 is 27.5 Å². The van der Waals surface area contributed by atoms with Crippen molar-refractivity contribution in [1.29, 1.82) is 0 Å². The SMILES string of the molecule is O=C(NS(=O)(=O)C1CC1)c1cc(C2CC2)c(OCC2CCN(Cc3cc(Cl)cc(OC(F)(F)F)c3)CC2)cc1F. The Balaban J connectivity index is 1.16. The zero-order valence-electron chi connectivity index (χ0n) is 21.5. The number of carbonyl (C=O) groups excluding carboxylic acids is 1. The molecule has 0 spiro atoms. The van der Waals surface area contributed by atoms with Crippen molar-refractivity contribution < 1.29 is 40.2 Å². The van der Waals surface area contributed by atoms with E-state index in [4.69, 9.17) is 16.3 Å². The molecule has 2 aliphatic carbocycles. The minimum absolute atomic E-state index is 0.132. The van der Waals surface area contributed by atoms with Gasteiger partial charge in [0, 0.05) is 17.6 Å². The van der Waals surface area contributed by atoms with E-state index in [0.29, 0.717) is 56.0 Å². The number of nitrogens with zero attached hydrogens (tertiary/aromatic N) is 1. The normalized spacial score (nSPS) is 18.9. The molecule has 40 heavy (non-hydrogen) atoms. The minimum atomic E-state index is -4.80. The highest BCUT2D eigenvalue weighted by molar-refractivity contribution is 7.91. The summed E-state index contributed by atoms with van der Waals surface area (Å²) in [6, 6.07) is 6.63. The van der Waals surface area contributed by atoms with Crippen LogP contribution in [0.4, 0.5) is 17.6 Å². The number of benzene rings is 2. The van der Waals surface area contributed by atoms with Crippen LogP contribution in [0.1, 0.15) is 65.9 Å². The van der Waals surface area contributed by atoms with Gasteiger partial charge in [-0.25, -0.2) is 17.5 Å². The van der Waals surface area contributed by atoms with Gasteiger partial charge in [-0.3, -0.25) is 9.69 Å². The van der Waals surface area contributed by atoms with E-state index < -0.39 is 33.4 Å². The second-order valence-corrected chi connectivity index (χ2v) is 13.1. The Bertz CT molecular complexity index is 1370. The molecule has 3 fully saturated rings. The van der Waals surface area contributed by atoms with Crippen LogP contribution < -0.4 is 14.2 Å². The number of carbonyl (C=O) groups is 1. The number of halogens is 5. The molecule has 0 unspecified atom stereocenters. The molecule has 0 atom stereocenters. The van der Waals surface area contributed by atoms with Gasteiger partial charge in [-0.15, -0.1) is 13.2 Å². The molecule has 13 heteroatoms. The van der Waals surface area contributed by atoms with Crippen molar-refractivity contribution in [2.45, 2.75) is 62.6 Å². The number of rotatable bonds is 10. The van der Waals surface area contributed by atoms with Crippen molar-refractivity contribution in [1.82, 2.24) is 9.62 Å². The number of nitrogens with one attached hydrogen (secondary N) is 1. The van der Waals surface area contributed by atoms with Gasteiger partial charge in [-0.2, -0.15) is 0 Å². The Labute approximate surface area is 234 Å². The lowest BCUT2D eigenvalue weighted by Crippen LogP contribution is -2.35. The molecule has 1 saturated heterocycles. The molecule has 2 aromatic carbocycles. The molecule has 1 amide bonds. The van der Waals surface area contributed by atoms with E-state index in [0.717, 1.165) is 31.7 Å². The fraction of sp³-hybridized carbons (Fsp3) is 0.519. The molecule has 1 heterocycles. The summed E-state index contributed by atoms with van der Waals surface area (Å²) in [5.41, 5.74) is 1.00. The number of ether oxygens (including phenoxy) is 2. The molecule has 1 N–H and O–H groups in total. The van der Waals surface area contributed by atoms with E-state index in [1.807, 2.05) is 4.72 Å². The Morgan fingerprint density at radius 3 is 2.35 bits per heavy atom. The highest BCUT2D eigenvalue weighted by Crippen LogP contribution is 2.45. The summed E-state index contributed by atoms with van der Waals surface area (Å²) >= 11 is 5.98. The van der Waals surface area contributed by atoms with E-state index in [1.54, 1.807) is 6.07 Å². The molecule has 7 nitrogen and oxygen atoms in total. The standard InChI is InChI=1S/C27H29ClF4N2O5S/c28-19-9-17(10-20(11-19)39-27(30,31)32)14-34-7-5-16(6-8-34)15-38-25-13-24(29)23(12-22(25)18-1-2-18)26(35)33-40(36,37)21-3-4-21/h9-13,16,18,21H,1-8,14-15H2,(H,33,35). The monoisotopic (exact) mass is 604 g/mol. The quantitative estimate of drug-likeness (QED) is 0.347. The lowest BCUT2D eigenvalue weighted by Gasteiger charge is -2.32. The van der Waals surface area contributed by atoms with Crippen LogP contribution in [0.25, 0.3) is 0 Å². The van der Waals surface area contributed by atoms with Crippen LogP contribution in [-0.4, -0.2) is 50.5 Å². The van der Waals surface area contributed by atoms with E-state index in [2.05, 4.69) is 9.64 Å². The average molecular weight is 605 g/mol. The number of likely N-dealkylation sites (tertiary alicyclic amines) is 1. The summed E-state index contributed by atoms with van der Waals surface area (Å²) in [5.74, 6) is -1.49. The first kappa shape index (κ1) is 28.9. The summed E-state index contributed by atoms with van der Waals surface area (Å²) < 4.78 is 89.0. The number of hydrogen-bond donors (Lipinski definition) is 1. The predicted octanol–water partition coefficient (Wildman–Crippen LogP) is 5.77. The van der Waals surface area contributed by atoms with Gasteiger partial charge in [0.2, 0.25) is 10.0 Å². The number of sulfonamides is 1. The Morgan fingerprint density at radius 1 is 1.02 bits per heavy atom. The van der Waals surface area contributed by atoms with Crippen molar-refractivity contribution in [3.63, 3.8) is 0 Å². The molecule has 0 bridgehead atoms. The summed E-state index contributed by atoms with van der Waals surface area (Å²) in [6.45, 7) is 2.14. The number of amides is 1. The second kappa shape index (κ2) is 11.4. The van der Waals surface area contributed by atoms with Crippen LogP contribution in [0, 0.1) is 11.7 Å². The van der Waals surface area contributed by atoms with Crippen molar-refractivity contribution in [2.75, 3.05) is 19.7 Å². The topological polar surface area (TPSA) is 84.9 Å². The molecular formula is C27H29ClF4N2O5S. The van der Waals surface area contributed by atoms with E-state index >= 15 is 0 Å². The second-order valence-electron chi connectivity index (χ2n) is 10.7. The highest BCUT2D eigenvalue weighted by Gasteiger charge is 2.38. The number of piperidine rings is 1. The van der Waals surface area contributed by atoms with Crippen molar-refractivity contribution in [3.8, 4) is 11.5 Å². The highest BCUT2D eigenvalue weighted by atomic mass is 35.5. The largest absolute Gasteiger partial charge is 0.573 e. The molecule has 2 saturated carbocycles. The molecule has 3 aliphatic rings. The Morgan fingerprint density at radius 2 is 1.73 bits per heavy atom. The lowest BCUT2D eigenvalue weighted by molar-refractivity contribution is -0.274. The van der Waals surface area contributed by atoms with Crippen LogP contribution in [0.5, 0.6) is 11.5 Å². The first-order valence-corrected chi connectivity index (χ1v) is 15.1. The zero-order chi connectivity index (χ0) is 28.7. The molecular weight excluding hydrogens is 576 g/mol. The summed E-state index contributed by atoms with van der Waals surface area (Å²) in [7, 11) is -3.80. The smallest absolute Gasteiger partial charge is 0.493 e. The van der Waals surface area contributed by atoms with Gasteiger partial charge in [0.1, 0.15) is 17.3 Å². The maximum Gasteiger partial charge on any atom is 0.573 e. The number of alkyl halides is 3. The fourth-order valence-electron chi connectivity index (χ4n) is 4.91. The van der Waals surface area contributed by atoms with Gasteiger partial charge >= 0.3 is 6.36 Å². The minimum Gasteiger partial charge on any atom is -0.493 e. The Kier molecular flexibility index (Phi) is 8.22. The molecule has 0 radical (unpaired) electrons. The van der Waals surface area contributed by atoms with E-state index in [1.165, 1.54) is 18.2 Å². The third-order valence-electron chi connectivity index (χ3n) is 7.31. The zero-order valence-corrected chi connectivity index (χ0v) is 23.0. The van der Waals surface area contributed by atoms with Crippen molar-refractivity contribution in [2.24, 2.45) is 5.92 Å². The molecule has 0 aromatic heterocycles. The van der Waals surface area contributed by atoms with Crippen LogP contribution in [-0.2, 0) is 16.6 Å². The first-order valence-electron chi connectivity index (χ1n) is 13.2. The molecule has 5 rings (SSSR count). The first-order chi connectivity index (χ1) is 18.9. The van der Waals surface area contributed by atoms with Crippen LogP contribution >= 0.6 is 11.6 Å². The van der Waals surface area contributed by atoms with Gasteiger partial charge in [0.05, 0.1) is 17.4 Å². The third-order valence-corrected chi connectivity index (χ3v) is 9.35. The molecule has 2 aromatic rings. The maximum atomic E-state index is 14.9. The lowest BCUT2D eigenvalue weighted by atomic mass is 9.97. The van der Waals surface area contributed by atoms with Crippen LogP contribution in [0.3, 0.4) is 0 Å². The summed E-state index contributed by atoms with van der Waals surface area (Å²) in [5, 5.41) is -0.436. The van der Waals surface area contributed by atoms with Gasteiger partial charge in [0.15, 0.2) is 0 Å². The fourth-order valence-corrected chi connectivity index (χ4v) is 6.45. The van der Waals surface area contributed by atoms with Crippen LogP contribution in [0.2, 0.25) is 5.02 Å². The van der Waals surface area contributed by atoms with Crippen molar-refractivity contribution in [3.05, 3.63) is 57.9 Å². The predicted molar refractivity (Wildman–Crippen MR) is 139 cm³/mol. The van der Waals surface area contributed by atoms with Gasteiger partial charge in [-0.1, -0.05) is 11.6 Å². The van der Waals surface area contributed by atoms with Crippen LogP contribution in [0.15, 0.2) is 30.3 Å². The molecule has 1 aliphatic heterocycles. The van der Waals surface area contributed by atoms with E-state index in [-0.39, 0.29) is 28.2 Å². The summed E-state index contributed by atoms with van der Waals surface area (Å²) in [6.07, 6.45) is -0.528. The number of hydrogen-bond acceptors (Lipinski definition) is 6. The van der Waals surface area contributed by atoms with E-state index in [9.17, 15) is 30.8 Å². The van der Waals surface area contributed by atoms with Gasteiger partial charge < -0.3 is 9.47 Å². The average Bonchev–Trinajstić information content (AvgIpc) is 3.74. The Hall–Kier alpha value is -2.57. The summed E-state index contributed by atoms with van der Waals surface area (Å²) in [4.78, 5) is 14.7.